The second kappa shape index (κ2) is 6.26. The Kier molecular flexibility index (Phi) is 4.63. The van der Waals surface area contributed by atoms with E-state index in [1.807, 2.05) is 38.2 Å². The van der Waals surface area contributed by atoms with E-state index in [9.17, 15) is 0 Å². The molecule has 1 atom stereocenters. The maximum atomic E-state index is 5.80. The lowest BCUT2D eigenvalue weighted by molar-refractivity contribution is -0.0203. The molecule has 0 radical (unpaired) electrons. The molecular formula is C16H23N3O2. The maximum Gasteiger partial charge on any atom is 0.260 e. The minimum atomic E-state index is -0.193. The number of hydrogen-bond donors (Lipinski definition) is 1. The molecule has 0 saturated heterocycles. The Morgan fingerprint density at radius 2 is 2.00 bits per heavy atom. The van der Waals surface area contributed by atoms with Crippen LogP contribution >= 0.6 is 0 Å². The van der Waals surface area contributed by atoms with Gasteiger partial charge in [-0.15, -0.1) is 0 Å². The summed E-state index contributed by atoms with van der Waals surface area (Å²) >= 11 is 0. The highest BCUT2D eigenvalue weighted by Crippen LogP contribution is 2.36. The second-order valence-electron chi connectivity index (χ2n) is 5.95. The van der Waals surface area contributed by atoms with Gasteiger partial charge in [0, 0.05) is 19.3 Å². The normalized spacial score (nSPS) is 13.2. The van der Waals surface area contributed by atoms with Gasteiger partial charge < -0.3 is 14.6 Å². The lowest BCUT2D eigenvalue weighted by Gasteiger charge is -2.27. The molecule has 1 aromatic heterocycles. The van der Waals surface area contributed by atoms with Gasteiger partial charge in [0.1, 0.15) is 6.10 Å². The third-order valence-corrected chi connectivity index (χ3v) is 3.22. The second-order valence-corrected chi connectivity index (χ2v) is 5.95. The van der Waals surface area contributed by atoms with E-state index in [4.69, 9.17) is 9.26 Å². The van der Waals surface area contributed by atoms with Crippen molar-refractivity contribution in [2.45, 2.75) is 33.8 Å². The van der Waals surface area contributed by atoms with Crippen LogP contribution in [-0.4, -0.2) is 23.8 Å². The SMILES string of the molecule is CCOC(c1noc(-c2ccccc2NC)n1)C(C)(C)C. The van der Waals surface area contributed by atoms with Gasteiger partial charge in [0.25, 0.3) is 5.89 Å². The van der Waals surface area contributed by atoms with Crippen molar-refractivity contribution in [1.29, 1.82) is 0 Å². The highest BCUT2D eigenvalue weighted by molar-refractivity contribution is 5.72. The fraction of sp³-hybridized carbons (Fsp3) is 0.500. The molecule has 0 bridgehead atoms. The first kappa shape index (κ1) is 15.5. The molecule has 0 amide bonds. The molecule has 5 nitrogen and oxygen atoms in total. The van der Waals surface area contributed by atoms with Crippen LogP contribution in [-0.2, 0) is 4.74 Å². The number of hydrogen-bond acceptors (Lipinski definition) is 5. The van der Waals surface area contributed by atoms with Gasteiger partial charge in [-0.3, -0.25) is 0 Å². The van der Waals surface area contributed by atoms with Crippen LogP contribution in [0.1, 0.15) is 39.6 Å². The predicted octanol–water partition coefficient (Wildman–Crippen LogP) is 3.90. The molecule has 0 spiro atoms. The smallest absolute Gasteiger partial charge is 0.260 e. The van der Waals surface area contributed by atoms with Gasteiger partial charge in [-0.1, -0.05) is 38.1 Å². The summed E-state index contributed by atoms with van der Waals surface area (Å²) in [5.74, 6) is 1.09. The Labute approximate surface area is 125 Å². The number of nitrogens with one attached hydrogen (secondary N) is 1. The van der Waals surface area contributed by atoms with Gasteiger partial charge in [-0.25, -0.2) is 0 Å². The zero-order valence-electron chi connectivity index (χ0n) is 13.3. The molecule has 21 heavy (non-hydrogen) atoms. The summed E-state index contributed by atoms with van der Waals surface area (Å²) in [4.78, 5) is 4.53. The van der Waals surface area contributed by atoms with Crippen LogP contribution in [0.15, 0.2) is 28.8 Å². The fourth-order valence-electron chi connectivity index (χ4n) is 2.22. The third-order valence-electron chi connectivity index (χ3n) is 3.22. The highest BCUT2D eigenvalue weighted by Gasteiger charge is 2.31. The molecule has 1 N–H and O–H groups in total. The minimum Gasteiger partial charge on any atom is -0.387 e. The molecule has 0 aliphatic carbocycles. The molecule has 0 saturated carbocycles. The van der Waals surface area contributed by atoms with E-state index in [0.717, 1.165) is 11.3 Å². The van der Waals surface area contributed by atoms with Crippen molar-refractivity contribution in [1.82, 2.24) is 10.1 Å². The largest absolute Gasteiger partial charge is 0.387 e. The van der Waals surface area contributed by atoms with Gasteiger partial charge >= 0.3 is 0 Å². The average Bonchev–Trinajstić information content (AvgIpc) is 2.92. The lowest BCUT2D eigenvalue weighted by Crippen LogP contribution is -2.22. The molecule has 5 heteroatoms. The van der Waals surface area contributed by atoms with Crippen molar-refractivity contribution in [3.05, 3.63) is 30.1 Å². The molecule has 1 unspecified atom stereocenters. The van der Waals surface area contributed by atoms with Crippen molar-refractivity contribution in [3.63, 3.8) is 0 Å². The molecule has 0 fully saturated rings. The number of ether oxygens (including phenoxy) is 1. The summed E-state index contributed by atoms with van der Waals surface area (Å²) in [5, 5.41) is 7.24. The number of nitrogens with zero attached hydrogens (tertiary/aromatic N) is 2. The third kappa shape index (κ3) is 3.42. The van der Waals surface area contributed by atoms with Crippen LogP contribution in [0.25, 0.3) is 11.5 Å². The summed E-state index contributed by atoms with van der Waals surface area (Å²) in [6.07, 6.45) is -0.193. The molecular weight excluding hydrogens is 266 g/mol. The Morgan fingerprint density at radius 1 is 1.29 bits per heavy atom. The van der Waals surface area contributed by atoms with E-state index >= 15 is 0 Å². The van der Waals surface area contributed by atoms with Gasteiger partial charge in [-0.2, -0.15) is 4.98 Å². The summed E-state index contributed by atoms with van der Waals surface area (Å²) < 4.78 is 11.2. The topological polar surface area (TPSA) is 60.2 Å². The number of para-hydroxylation sites is 1. The van der Waals surface area contributed by atoms with E-state index in [1.165, 1.54) is 0 Å². The summed E-state index contributed by atoms with van der Waals surface area (Å²) in [6.45, 7) is 8.88. The lowest BCUT2D eigenvalue weighted by atomic mass is 9.88. The average molecular weight is 289 g/mol. The minimum absolute atomic E-state index is 0.0975. The molecule has 0 aliphatic rings. The fourth-order valence-corrected chi connectivity index (χ4v) is 2.22. The van der Waals surface area contributed by atoms with Crippen molar-refractivity contribution < 1.29 is 9.26 Å². The first-order chi connectivity index (χ1) is 9.97. The molecule has 114 valence electrons. The van der Waals surface area contributed by atoms with Gasteiger partial charge in [-0.05, 0) is 24.5 Å². The van der Waals surface area contributed by atoms with E-state index in [1.54, 1.807) is 0 Å². The molecule has 1 aromatic carbocycles. The molecule has 1 heterocycles. The number of anilines is 1. The molecule has 2 aromatic rings. The summed E-state index contributed by atoms with van der Waals surface area (Å²) in [5.41, 5.74) is 1.75. The number of rotatable bonds is 5. The molecule has 2 rings (SSSR count). The van der Waals surface area contributed by atoms with Gasteiger partial charge in [0.15, 0.2) is 0 Å². The highest BCUT2D eigenvalue weighted by atomic mass is 16.5. The first-order valence-corrected chi connectivity index (χ1v) is 7.19. The Hall–Kier alpha value is -1.88. The van der Waals surface area contributed by atoms with Gasteiger partial charge in [0.05, 0.1) is 5.56 Å². The first-order valence-electron chi connectivity index (χ1n) is 7.19. The number of benzene rings is 1. The quantitative estimate of drug-likeness (QED) is 0.904. The van der Waals surface area contributed by atoms with Crippen LogP contribution in [0.3, 0.4) is 0 Å². The number of aromatic nitrogens is 2. The van der Waals surface area contributed by atoms with E-state index in [-0.39, 0.29) is 11.5 Å². The van der Waals surface area contributed by atoms with Crippen LogP contribution in [0.5, 0.6) is 0 Å². The predicted molar refractivity (Wildman–Crippen MR) is 83.1 cm³/mol. The standard InChI is InChI=1S/C16H23N3O2/c1-6-20-13(16(2,3)4)14-18-15(21-19-14)11-9-7-8-10-12(11)17-5/h7-10,13,17H,6H2,1-5H3. The van der Waals surface area contributed by atoms with Crippen LogP contribution in [0.4, 0.5) is 5.69 Å². The van der Waals surface area contributed by atoms with E-state index in [2.05, 4.69) is 36.2 Å². The van der Waals surface area contributed by atoms with E-state index in [0.29, 0.717) is 18.3 Å². The Bertz CT molecular complexity index is 587. The maximum absolute atomic E-state index is 5.80. The van der Waals surface area contributed by atoms with Crippen LogP contribution in [0, 0.1) is 5.41 Å². The monoisotopic (exact) mass is 289 g/mol. The molecule has 0 aliphatic heterocycles. The Balaban J connectivity index is 2.36. The van der Waals surface area contributed by atoms with E-state index < -0.39 is 0 Å². The zero-order valence-corrected chi connectivity index (χ0v) is 13.3. The van der Waals surface area contributed by atoms with Crippen molar-refractivity contribution in [2.75, 3.05) is 19.0 Å². The Morgan fingerprint density at radius 3 is 2.62 bits per heavy atom. The van der Waals surface area contributed by atoms with Crippen molar-refractivity contribution in [2.24, 2.45) is 5.41 Å². The van der Waals surface area contributed by atoms with Crippen LogP contribution in [0.2, 0.25) is 0 Å². The van der Waals surface area contributed by atoms with Gasteiger partial charge in [0.2, 0.25) is 5.82 Å². The summed E-state index contributed by atoms with van der Waals surface area (Å²) in [6, 6.07) is 7.84. The van der Waals surface area contributed by atoms with Crippen molar-refractivity contribution in [3.8, 4) is 11.5 Å². The zero-order chi connectivity index (χ0) is 15.5. The summed E-state index contributed by atoms with van der Waals surface area (Å²) in [7, 11) is 1.87. The van der Waals surface area contributed by atoms with Crippen molar-refractivity contribution >= 4 is 5.69 Å². The van der Waals surface area contributed by atoms with Crippen LogP contribution < -0.4 is 5.32 Å².